The van der Waals surface area contributed by atoms with Crippen molar-refractivity contribution in [2.45, 2.75) is 0 Å². The second-order valence-corrected chi connectivity index (χ2v) is 11.8. The summed E-state index contributed by atoms with van der Waals surface area (Å²) in [4.78, 5) is 2.31. The van der Waals surface area contributed by atoms with Gasteiger partial charge in [-0.1, -0.05) is 97.1 Å². The number of benzene rings is 7. The Morgan fingerprint density at radius 3 is 1.64 bits per heavy atom. The zero-order valence-electron chi connectivity index (χ0n) is 24.4. The highest BCUT2D eigenvalue weighted by Gasteiger charge is 2.24. The van der Waals surface area contributed by atoms with Crippen LogP contribution in [-0.4, -0.2) is 8.97 Å². The van der Waals surface area contributed by atoms with E-state index in [1.807, 2.05) is 0 Å². The van der Waals surface area contributed by atoms with Crippen LogP contribution in [-0.2, 0) is 0 Å². The molecule has 0 fully saturated rings. The maximum Gasteiger partial charge on any atom is 0.0810 e. The molecule has 45 heavy (non-hydrogen) atoms. The van der Waals surface area contributed by atoms with Crippen LogP contribution in [0, 0.1) is 0 Å². The van der Waals surface area contributed by atoms with Gasteiger partial charge < -0.3 is 13.9 Å². The van der Waals surface area contributed by atoms with E-state index in [2.05, 4.69) is 178 Å². The molecule has 7 aromatic carbocycles. The van der Waals surface area contributed by atoms with Gasteiger partial charge in [0.2, 0.25) is 0 Å². The fraction of sp³-hybridized carbons (Fsp3) is 0. The van der Waals surface area contributed by atoms with Gasteiger partial charge in [0.05, 0.1) is 27.6 Å². The molecule has 10 rings (SSSR count). The van der Waals surface area contributed by atoms with Crippen LogP contribution in [0.15, 0.2) is 164 Å². The SMILES string of the molecule is c1ccc(N(c2ccccc2)c2ccc(-n3c4ccc5cccc6c7ccccc7n7c8ccccc8c3c7c4c56)cc2)cc1. The second-order valence-electron chi connectivity index (χ2n) is 11.8. The van der Waals surface area contributed by atoms with Crippen molar-refractivity contribution in [1.82, 2.24) is 8.97 Å². The summed E-state index contributed by atoms with van der Waals surface area (Å²) in [5.74, 6) is 0. The Bertz CT molecular complexity index is 2640. The van der Waals surface area contributed by atoms with Crippen molar-refractivity contribution >= 4 is 77.0 Å². The molecule has 0 saturated heterocycles. The molecule has 0 radical (unpaired) electrons. The summed E-state index contributed by atoms with van der Waals surface area (Å²) < 4.78 is 4.98. The lowest BCUT2D eigenvalue weighted by atomic mass is 10.0. The van der Waals surface area contributed by atoms with Crippen LogP contribution < -0.4 is 4.90 Å². The summed E-state index contributed by atoms with van der Waals surface area (Å²) in [6, 6.07) is 59.3. The highest BCUT2D eigenvalue weighted by atomic mass is 15.1. The van der Waals surface area contributed by atoms with E-state index in [1.165, 1.54) is 59.9 Å². The van der Waals surface area contributed by atoms with Crippen molar-refractivity contribution in [3.05, 3.63) is 164 Å². The van der Waals surface area contributed by atoms with E-state index >= 15 is 0 Å². The minimum Gasteiger partial charge on any atom is -0.311 e. The van der Waals surface area contributed by atoms with E-state index in [9.17, 15) is 0 Å². The van der Waals surface area contributed by atoms with E-state index < -0.39 is 0 Å². The zero-order chi connectivity index (χ0) is 29.5. The molecule has 0 spiro atoms. The molecule has 3 heterocycles. The van der Waals surface area contributed by atoms with Gasteiger partial charge in [-0.25, -0.2) is 0 Å². The van der Waals surface area contributed by atoms with E-state index in [1.54, 1.807) is 0 Å². The van der Waals surface area contributed by atoms with Gasteiger partial charge in [-0.2, -0.15) is 0 Å². The first-order chi connectivity index (χ1) is 22.4. The molecule has 10 aromatic rings. The highest BCUT2D eigenvalue weighted by molar-refractivity contribution is 6.33. The Morgan fingerprint density at radius 2 is 0.933 bits per heavy atom. The number of rotatable bonds is 4. The third kappa shape index (κ3) is 3.35. The largest absolute Gasteiger partial charge is 0.311 e. The van der Waals surface area contributed by atoms with Crippen molar-refractivity contribution in [3.63, 3.8) is 0 Å². The number of fused-ring (bicyclic) bond motifs is 6. The normalized spacial score (nSPS) is 12.0. The van der Waals surface area contributed by atoms with Gasteiger partial charge in [-0.3, -0.25) is 0 Å². The Kier molecular flexibility index (Phi) is 5.00. The molecule has 0 amide bonds. The summed E-state index contributed by atoms with van der Waals surface area (Å²) in [6.07, 6.45) is 0. The number of nitrogens with zero attached hydrogens (tertiary/aromatic N) is 3. The average Bonchev–Trinajstić information content (AvgIpc) is 3.58. The van der Waals surface area contributed by atoms with Gasteiger partial charge in [0.15, 0.2) is 0 Å². The molecule has 0 aliphatic rings. The van der Waals surface area contributed by atoms with Crippen LogP contribution in [0.4, 0.5) is 17.1 Å². The van der Waals surface area contributed by atoms with E-state index in [0.29, 0.717) is 0 Å². The number of para-hydroxylation sites is 4. The third-order valence-electron chi connectivity index (χ3n) is 9.40. The first-order valence-electron chi connectivity index (χ1n) is 15.5. The molecule has 0 bridgehead atoms. The van der Waals surface area contributed by atoms with Gasteiger partial charge in [0.25, 0.3) is 0 Å². The van der Waals surface area contributed by atoms with Crippen molar-refractivity contribution in [2.75, 3.05) is 4.90 Å². The predicted molar refractivity (Wildman–Crippen MR) is 190 cm³/mol. The lowest BCUT2D eigenvalue weighted by Crippen LogP contribution is -2.09. The molecule has 3 heteroatoms. The molecule has 0 saturated carbocycles. The lowest BCUT2D eigenvalue weighted by Gasteiger charge is -2.25. The first kappa shape index (κ1) is 24.4. The molecule has 0 aliphatic heterocycles. The van der Waals surface area contributed by atoms with Gasteiger partial charge in [-0.15, -0.1) is 0 Å². The lowest BCUT2D eigenvalue weighted by molar-refractivity contribution is 1.18. The van der Waals surface area contributed by atoms with Crippen LogP contribution in [0.25, 0.3) is 65.6 Å². The summed E-state index contributed by atoms with van der Waals surface area (Å²) in [5.41, 5.74) is 10.7. The van der Waals surface area contributed by atoms with Gasteiger partial charge in [-0.05, 0) is 77.5 Å². The van der Waals surface area contributed by atoms with Crippen molar-refractivity contribution < 1.29 is 0 Å². The molecular weight excluding hydrogens is 546 g/mol. The number of hydrogen-bond acceptors (Lipinski definition) is 1. The molecular formula is C42H27N3. The third-order valence-corrected chi connectivity index (χ3v) is 9.40. The van der Waals surface area contributed by atoms with E-state index in [4.69, 9.17) is 0 Å². The predicted octanol–water partition coefficient (Wildman–Crippen LogP) is 11.4. The number of anilines is 3. The zero-order valence-corrected chi connectivity index (χ0v) is 24.4. The summed E-state index contributed by atoms with van der Waals surface area (Å²) in [7, 11) is 0. The van der Waals surface area contributed by atoms with Crippen LogP contribution in [0.1, 0.15) is 0 Å². The molecule has 0 unspecified atom stereocenters. The number of aromatic nitrogens is 2. The van der Waals surface area contributed by atoms with E-state index in [-0.39, 0.29) is 0 Å². The Morgan fingerprint density at radius 1 is 0.356 bits per heavy atom. The minimum atomic E-state index is 1.12. The summed E-state index contributed by atoms with van der Waals surface area (Å²) in [6.45, 7) is 0. The smallest absolute Gasteiger partial charge is 0.0810 e. The van der Waals surface area contributed by atoms with Crippen LogP contribution in [0.3, 0.4) is 0 Å². The molecule has 0 N–H and O–H groups in total. The van der Waals surface area contributed by atoms with Gasteiger partial charge in [0.1, 0.15) is 0 Å². The Hall–Kier alpha value is -6.06. The minimum absolute atomic E-state index is 1.12. The number of hydrogen-bond donors (Lipinski definition) is 0. The molecule has 0 atom stereocenters. The van der Waals surface area contributed by atoms with Crippen LogP contribution in [0.5, 0.6) is 0 Å². The van der Waals surface area contributed by atoms with Gasteiger partial charge >= 0.3 is 0 Å². The van der Waals surface area contributed by atoms with Gasteiger partial charge in [0, 0.05) is 44.3 Å². The van der Waals surface area contributed by atoms with E-state index in [0.717, 1.165) is 22.7 Å². The molecule has 3 aromatic heterocycles. The fourth-order valence-electron chi connectivity index (χ4n) is 7.59. The fourth-order valence-corrected chi connectivity index (χ4v) is 7.59. The molecule has 3 nitrogen and oxygen atoms in total. The standard InChI is InChI=1S/C42H27N3/c1-3-13-29(14-4-1)43(30-15-5-2-6-16-30)31-23-25-32(26-24-31)44-38-27-22-28-12-11-19-34-33-17-7-9-20-36(33)45-37-21-10-8-18-35(37)41(44)42(45)40(38)39(28)34/h1-27H. The summed E-state index contributed by atoms with van der Waals surface area (Å²) in [5, 5.41) is 7.72. The van der Waals surface area contributed by atoms with Crippen LogP contribution >= 0.6 is 0 Å². The first-order valence-corrected chi connectivity index (χ1v) is 15.5. The second kappa shape index (κ2) is 9.22. The maximum atomic E-state index is 2.50. The van der Waals surface area contributed by atoms with Crippen molar-refractivity contribution in [3.8, 4) is 5.69 Å². The maximum absolute atomic E-state index is 2.50. The summed E-state index contributed by atoms with van der Waals surface area (Å²) >= 11 is 0. The Balaban J connectivity index is 1.31. The quantitative estimate of drug-likeness (QED) is 0.204. The van der Waals surface area contributed by atoms with Crippen molar-refractivity contribution in [1.29, 1.82) is 0 Å². The Labute approximate surface area is 259 Å². The van der Waals surface area contributed by atoms with Crippen molar-refractivity contribution in [2.24, 2.45) is 0 Å². The van der Waals surface area contributed by atoms with Crippen LogP contribution in [0.2, 0.25) is 0 Å². The highest BCUT2D eigenvalue weighted by Crippen LogP contribution is 2.46. The molecule has 0 aliphatic carbocycles. The average molecular weight is 574 g/mol. The topological polar surface area (TPSA) is 12.6 Å². The molecule has 210 valence electrons. The monoisotopic (exact) mass is 573 g/mol.